The lowest BCUT2D eigenvalue weighted by atomic mass is 10.1. The summed E-state index contributed by atoms with van der Waals surface area (Å²) in [6.45, 7) is -0.159. The summed E-state index contributed by atoms with van der Waals surface area (Å²) in [5, 5.41) is 3.00. The Kier molecular flexibility index (Phi) is 3.50. The van der Waals surface area contributed by atoms with Crippen LogP contribution in [0.25, 0.3) is 11.0 Å². The highest BCUT2D eigenvalue weighted by atomic mass is 16.5. The SMILES string of the molecule is NC(=O)COc1ccc(C2N=C(N)Nc3nc4ccccc4n32)cc1. The van der Waals surface area contributed by atoms with E-state index < -0.39 is 5.91 Å². The Hall–Kier alpha value is -3.55. The fourth-order valence-corrected chi connectivity index (χ4v) is 2.83. The zero-order valence-corrected chi connectivity index (χ0v) is 13.2. The van der Waals surface area contributed by atoms with Gasteiger partial charge in [0.15, 0.2) is 18.7 Å². The predicted molar refractivity (Wildman–Crippen MR) is 94.2 cm³/mol. The topological polar surface area (TPSA) is 121 Å². The first-order chi connectivity index (χ1) is 12.1. The molecule has 1 aliphatic heterocycles. The highest BCUT2D eigenvalue weighted by Gasteiger charge is 2.24. The molecule has 0 radical (unpaired) electrons. The fourth-order valence-electron chi connectivity index (χ4n) is 2.83. The van der Waals surface area contributed by atoms with E-state index in [0.717, 1.165) is 16.6 Å². The van der Waals surface area contributed by atoms with Gasteiger partial charge in [0.05, 0.1) is 11.0 Å². The smallest absolute Gasteiger partial charge is 0.255 e. The van der Waals surface area contributed by atoms with Crippen LogP contribution < -0.4 is 21.5 Å². The van der Waals surface area contributed by atoms with Crippen LogP contribution in [0.4, 0.5) is 5.95 Å². The van der Waals surface area contributed by atoms with E-state index in [1.54, 1.807) is 12.1 Å². The maximum absolute atomic E-state index is 10.8. The molecule has 0 bridgehead atoms. The minimum atomic E-state index is -0.519. The molecule has 1 aromatic heterocycles. The maximum atomic E-state index is 10.8. The van der Waals surface area contributed by atoms with E-state index in [2.05, 4.69) is 15.3 Å². The Labute approximate surface area is 143 Å². The molecule has 1 unspecified atom stereocenters. The van der Waals surface area contributed by atoms with Crippen molar-refractivity contribution >= 4 is 28.8 Å². The molecule has 8 heteroatoms. The van der Waals surface area contributed by atoms with Crippen LogP contribution in [0.5, 0.6) is 5.75 Å². The first kappa shape index (κ1) is 15.0. The number of carbonyl (C=O) groups excluding carboxylic acids is 1. The van der Waals surface area contributed by atoms with Gasteiger partial charge in [-0.05, 0) is 29.8 Å². The number of amides is 1. The number of rotatable bonds is 4. The normalized spacial score (nSPS) is 16.0. The van der Waals surface area contributed by atoms with Crippen LogP contribution in [0.2, 0.25) is 0 Å². The highest BCUT2D eigenvalue weighted by molar-refractivity contribution is 5.94. The van der Waals surface area contributed by atoms with Crippen molar-refractivity contribution in [3.8, 4) is 5.75 Å². The molecule has 2 aromatic carbocycles. The van der Waals surface area contributed by atoms with Crippen molar-refractivity contribution < 1.29 is 9.53 Å². The van der Waals surface area contributed by atoms with Crippen LogP contribution >= 0.6 is 0 Å². The monoisotopic (exact) mass is 336 g/mol. The molecule has 0 aliphatic carbocycles. The van der Waals surface area contributed by atoms with Gasteiger partial charge in [0.25, 0.3) is 5.91 Å². The number of carbonyl (C=O) groups is 1. The lowest BCUT2D eigenvalue weighted by molar-refractivity contribution is -0.119. The minimum Gasteiger partial charge on any atom is -0.484 e. The van der Waals surface area contributed by atoms with Gasteiger partial charge in [0, 0.05) is 0 Å². The van der Waals surface area contributed by atoms with Gasteiger partial charge in [-0.25, -0.2) is 9.98 Å². The van der Waals surface area contributed by atoms with E-state index in [-0.39, 0.29) is 12.8 Å². The van der Waals surface area contributed by atoms with Crippen molar-refractivity contribution in [2.75, 3.05) is 11.9 Å². The van der Waals surface area contributed by atoms with Crippen molar-refractivity contribution in [2.45, 2.75) is 6.17 Å². The number of para-hydroxylation sites is 2. The van der Waals surface area contributed by atoms with Crippen LogP contribution in [0, 0.1) is 0 Å². The van der Waals surface area contributed by atoms with Crippen LogP contribution in [-0.2, 0) is 4.79 Å². The summed E-state index contributed by atoms with van der Waals surface area (Å²) in [7, 11) is 0. The number of aromatic nitrogens is 2. The molecule has 25 heavy (non-hydrogen) atoms. The third-order valence-corrected chi connectivity index (χ3v) is 3.90. The summed E-state index contributed by atoms with van der Waals surface area (Å²) >= 11 is 0. The number of primary amides is 1. The molecule has 0 spiro atoms. The average Bonchev–Trinajstić information content (AvgIpc) is 2.97. The molecule has 3 aromatic rings. The molecule has 1 amide bonds. The molecule has 4 rings (SSSR count). The van der Waals surface area contributed by atoms with E-state index in [1.807, 2.05) is 41.0 Å². The van der Waals surface area contributed by atoms with E-state index in [1.165, 1.54) is 0 Å². The van der Waals surface area contributed by atoms with Gasteiger partial charge >= 0.3 is 0 Å². The largest absolute Gasteiger partial charge is 0.484 e. The van der Waals surface area contributed by atoms with Gasteiger partial charge in [-0.3, -0.25) is 14.7 Å². The Bertz CT molecular complexity index is 976. The van der Waals surface area contributed by atoms with Crippen molar-refractivity contribution in [3.05, 3.63) is 54.1 Å². The van der Waals surface area contributed by atoms with Gasteiger partial charge in [-0.1, -0.05) is 24.3 Å². The maximum Gasteiger partial charge on any atom is 0.255 e. The molecule has 0 saturated heterocycles. The number of nitrogens with zero attached hydrogens (tertiary/aromatic N) is 3. The summed E-state index contributed by atoms with van der Waals surface area (Å²) in [4.78, 5) is 19.9. The predicted octanol–water partition coefficient (Wildman–Crippen LogP) is 1.19. The average molecular weight is 336 g/mol. The Morgan fingerprint density at radius 2 is 1.96 bits per heavy atom. The van der Waals surface area contributed by atoms with Gasteiger partial charge in [-0.2, -0.15) is 0 Å². The van der Waals surface area contributed by atoms with Gasteiger partial charge < -0.3 is 16.2 Å². The molecule has 8 nitrogen and oxygen atoms in total. The number of ether oxygens (including phenoxy) is 1. The molecular formula is C17H16N6O2. The number of anilines is 1. The van der Waals surface area contributed by atoms with E-state index in [0.29, 0.717) is 17.7 Å². The van der Waals surface area contributed by atoms with E-state index in [4.69, 9.17) is 16.2 Å². The molecule has 2 heterocycles. The summed E-state index contributed by atoms with van der Waals surface area (Å²) in [6.07, 6.45) is -0.339. The second kappa shape index (κ2) is 5.82. The Balaban J connectivity index is 1.72. The number of hydrogen-bond donors (Lipinski definition) is 3. The summed E-state index contributed by atoms with van der Waals surface area (Å²) in [5.74, 6) is 0.994. The molecule has 1 aliphatic rings. The number of hydrogen-bond acceptors (Lipinski definition) is 6. The lowest BCUT2D eigenvalue weighted by Gasteiger charge is -2.24. The molecule has 5 N–H and O–H groups in total. The summed E-state index contributed by atoms with van der Waals surface area (Å²) in [6, 6.07) is 15.1. The van der Waals surface area contributed by atoms with Crippen molar-refractivity contribution in [1.29, 1.82) is 0 Å². The van der Waals surface area contributed by atoms with Crippen LogP contribution in [0.3, 0.4) is 0 Å². The first-order valence-electron chi connectivity index (χ1n) is 7.70. The summed E-state index contributed by atoms with van der Waals surface area (Å²) in [5.41, 5.74) is 13.7. The lowest BCUT2D eigenvalue weighted by Crippen LogP contribution is -2.31. The number of nitrogens with two attached hydrogens (primary N) is 2. The number of nitrogens with one attached hydrogen (secondary N) is 1. The van der Waals surface area contributed by atoms with E-state index in [9.17, 15) is 4.79 Å². The number of benzene rings is 2. The Morgan fingerprint density at radius 1 is 1.20 bits per heavy atom. The molecule has 1 atom stereocenters. The molecule has 126 valence electrons. The number of guanidine groups is 1. The minimum absolute atomic E-state index is 0.159. The van der Waals surface area contributed by atoms with Crippen LogP contribution in [0.15, 0.2) is 53.5 Å². The van der Waals surface area contributed by atoms with Crippen LogP contribution in [-0.4, -0.2) is 28.0 Å². The summed E-state index contributed by atoms with van der Waals surface area (Å²) < 4.78 is 7.28. The van der Waals surface area contributed by atoms with Crippen LogP contribution in [0.1, 0.15) is 11.7 Å². The van der Waals surface area contributed by atoms with Crippen molar-refractivity contribution in [1.82, 2.24) is 9.55 Å². The van der Waals surface area contributed by atoms with Gasteiger partial charge in [-0.15, -0.1) is 0 Å². The van der Waals surface area contributed by atoms with Gasteiger partial charge in [0.1, 0.15) is 5.75 Å². The number of imidazole rings is 1. The van der Waals surface area contributed by atoms with Gasteiger partial charge in [0.2, 0.25) is 5.95 Å². The number of aliphatic imine (C=N–C) groups is 1. The van der Waals surface area contributed by atoms with Crippen molar-refractivity contribution in [3.63, 3.8) is 0 Å². The third kappa shape index (κ3) is 2.74. The first-order valence-corrected chi connectivity index (χ1v) is 7.70. The molecule has 0 saturated carbocycles. The Morgan fingerprint density at radius 3 is 2.72 bits per heavy atom. The second-order valence-electron chi connectivity index (χ2n) is 5.63. The standard InChI is InChI=1S/C17H16N6O2/c18-14(24)9-25-11-7-5-10(6-8-11)15-21-16(19)22-17-20-12-3-1-2-4-13(12)23(15)17/h1-8,15H,9H2,(H2,18,24)(H3,19,20,21,22). The van der Waals surface area contributed by atoms with E-state index >= 15 is 0 Å². The molecular weight excluding hydrogens is 320 g/mol. The number of fused-ring (bicyclic) bond motifs is 3. The third-order valence-electron chi connectivity index (χ3n) is 3.90. The fraction of sp³-hybridized carbons (Fsp3) is 0.118. The highest BCUT2D eigenvalue weighted by Crippen LogP contribution is 2.32. The van der Waals surface area contributed by atoms with Crippen molar-refractivity contribution in [2.24, 2.45) is 16.5 Å². The second-order valence-corrected chi connectivity index (χ2v) is 5.63. The zero-order chi connectivity index (χ0) is 17.4. The molecule has 0 fully saturated rings. The zero-order valence-electron chi connectivity index (χ0n) is 13.2. The quantitative estimate of drug-likeness (QED) is 0.661.